The molecule has 6 rings (SSSR count). The van der Waals surface area contributed by atoms with Crippen LogP contribution in [0.3, 0.4) is 0 Å². The van der Waals surface area contributed by atoms with Crippen molar-refractivity contribution in [3.8, 4) is 0 Å². The van der Waals surface area contributed by atoms with E-state index in [9.17, 15) is 14.4 Å². The third-order valence-corrected chi connectivity index (χ3v) is 8.84. The average molecular weight is 476 g/mol. The van der Waals surface area contributed by atoms with Crippen LogP contribution in [0.15, 0.2) is 91.0 Å². The lowest BCUT2D eigenvalue weighted by molar-refractivity contribution is -0.146. The molecular weight excluding hydrogens is 446 g/mol. The molecule has 2 fully saturated rings. The zero-order chi connectivity index (χ0) is 25.1. The van der Waals surface area contributed by atoms with E-state index in [4.69, 9.17) is 0 Å². The molecule has 0 unspecified atom stereocenters. The minimum atomic E-state index is -1.02. The molecule has 3 aliphatic rings. The highest BCUT2D eigenvalue weighted by molar-refractivity contribution is 6.29. The quantitative estimate of drug-likeness (QED) is 0.424. The largest absolute Gasteiger partial charge is 0.298 e. The summed E-state index contributed by atoms with van der Waals surface area (Å²) in [6.45, 7) is 4.23. The van der Waals surface area contributed by atoms with Gasteiger partial charge in [0.05, 0.1) is 29.2 Å². The molecule has 2 aliphatic carbocycles. The summed E-state index contributed by atoms with van der Waals surface area (Å²) >= 11 is 0. The lowest BCUT2D eigenvalue weighted by Gasteiger charge is -2.38. The molecule has 1 saturated heterocycles. The molecule has 3 aromatic carbocycles. The first-order chi connectivity index (χ1) is 17.5. The summed E-state index contributed by atoms with van der Waals surface area (Å²) in [4.78, 5) is 44.3. The summed E-state index contributed by atoms with van der Waals surface area (Å²) in [6.07, 6.45) is 0.959. The highest BCUT2D eigenvalue weighted by atomic mass is 16.2. The Morgan fingerprint density at radius 3 is 1.39 bits per heavy atom. The second-order valence-electron chi connectivity index (χ2n) is 10.2. The molecule has 2 bridgehead atoms. The first-order valence-corrected chi connectivity index (χ1v) is 12.8. The van der Waals surface area contributed by atoms with Crippen molar-refractivity contribution in [2.75, 3.05) is 0 Å². The van der Waals surface area contributed by atoms with Crippen LogP contribution in [-0.2, 0) is 20.9 Å². The van der Waals surface area contributed by atoms with Gasteiger partial charge in [0, 0.05) is 0 Å². The zero-order valence-corrected chi connectivity index (χ0v) is 20.6. The van der Waals surface area contributed by atoms with Crippen molar-refractivity contribution in [1.29, 1.82) is 0 Å². The molecule has 0 aromatic heterocycles. The van der Waals surface area contributed by atoms with Gasteiger partial charge in [0.2, 0.25) is 11.8 Å². The van der Waals surface area contributed by atoms with Gasteiger partial charge in [0.25, 0.3) is 0 Å². The third kappa shape index (κ3) is 2.67. The number of ketones is 1. The third-order valence-electron chi connectivity index (χ3n) is 8.84. The van der Waals surface area contributed by atoms with Gasteiger partial charge in [-0.2, -0.15) is 0 Å². The predicted octanol–water partition coefficient (Wildman–Crippen LogP) is 5.79. The Balaban J connectivity index is 1.62. The molecule has 0 N–H and O–H groups in total. The van der Waals surface area contributed by atoms with E-state index in [0.717, 1.165) is 27.8 Å². The minimum absolute atomic E-state index is 0.0498. The van der Waals surface area contributed by atoms with Crippen LogP contribution < -0.4 is 0 Å². The van der Waals surface area contributed by atoms with Crippen LogP contribution in [-0.4, -0.2) is 22.5 Å². The first kappa shape index (κ1) is 22.7. The molecule has 0 spiro atoms. The van der Waals surface area contributed by atoms with Crippen molar-refractivity contribution < 1.29 is 14.4 Å². The Kier molecular flexibility index (Phi) is 5.11. The summed E-state index contributed by atoms with van der Waals surface area (Å²) in [5, 5.41) is 0. The molecule has 4 nitrogen and oxygen atoms in total. The second kappa shape index (κ2) is 8.12. The number of hydrogen-bond acceptors (Lipinski definition) is 3. The molecule has 3 aromatic rings. The van der Waals surface area contributed by atoms with Crippen molar-refractivity contribution in [2.24, 2.45) is 22.7 Å². The summed E-state index contributed by atoms with van der Waals surface area (Å²) < 4.78 is 0. The van der Waals surface area contributed by atoms with Crippen molar-refractivity contribution in [1.82, 2.24) is 4.90 Å². The van der Waals surface area contributed by atoms with Crippen molar-refractivity contribution in [2.45, 2.75) is 33.2 Å². The van der Waals surface area contributed by atoms with Gasteiger partial charge in [-0.3, -0.25) is 19.3 Å². The molecule has 2 amide bonds. The molecule has 0 radical (unpaired) electrons. The normalized spacial score (nSPS) is 28.8. The van der Waals surface area contributed by atoms with Gasteiger partial charge in [0.1, 0.15) is 0 Å². The summed E-state index contributed by atoms with van der Waals surface area (Å²) in [7, 11) is 0. The van der Waals surface area contributed by atoms with Gasteiger partial charge in [-0.15, -0.1) is 0 Å². The first-order valence-electron chi connectivity index (χ1n) is 12.8. The van der Waals surface area contributed by atoms with Crippen LogP contribution in [0.1, 0.15) is 43.4 Å². The van der Waals surface area contributed by atoms with Gasteiger partial charge >= 0.3 is 0 Å². The minimum Gasteiger partial charge on any atom is -0.298 e. The zero-order valence-electron chi connectivity index (χ0n) is 20.6. The summed E-state index contributed by atoms with van der Waals surface area (Å²) in [6, 6.07) is 29.6. The van der Waals surface area contributed by atoms with Gasteiger partial charge in [-0.25, -0.2) is 0 Å². The number of allylic oxidation sites excluding steroid dienone is 2. The fourth-order valence-corrected chi connectivity index (χ4v) is 7.43. The summed E-state index contributed by atoms with van der Waals surface area (Å²) in [5.74, 6) is -1.71. The summed E-state index contributed by atoms with van der Waals surface area (Å²) in [5.41, 5.74) is 2.66. The molecule has 180 valence electrons. The maximum atomic E-state index is 14.6. The van der Waals surface area contributed by atoms with Gasteiger partial charge in [-0.1, -0.05) is 105 Å². The van der Waals surface area contributed by atoms with E-state index < -0.39 is 22.7 Å². The number of nitrogens with zero attached hydrogens (tertiary/aromatic N) is 1. The monoisotopic (exact) mass is 475 g/mol. The molecule has 4 heteroatoms. The molecule has 36 heavy (non-hydrogen) atoms. The van der Waals surface area contributed by atoms with E-state index in [1.165, 1.54) is 4.90 Å². The van der Waals surface area contributed by atoms with Gasteiger partial charge < -0.3 is 0 Å². The average Bonchev–Trinajstić information content (AvgIpc) is 3.42. The fraction of sp³-hybridized carbons (Fsp3) is 0.281. The number of imide groups is 1. The lowest BCUT2D eigenvalue weighted by atomic mass is 9.60. The standard InChI is InChI=1S/C32H29NO3/c1-3-31-24(22-16-10-6-11-17-22)25(23-18-12-7-13-19-23)32(4-2,30(31)36)27-26(31)28(34)33(29(27)35)20-21-14-8-5-9-15-21/h5-19,26-27H,3-4,20H2,1-2H3/t26-,27+,31-,32+. The predicted molar refractivity (Wildman–Crippen MR) is 139 cm³/mol. The Bertz CT molecular complexity index is 1310. The second-order valence-corrected chi connectivity index (χ2v) is 10.2. The van der Waals surface area contributed by atoms with Crippen LogP contribution >= 0.6 is 0 Å². The number of carbonyl (C=O) groups excluding carboxylic acids is 3. The highest BCUT2D eigenvalue weighted by Crippen LogP contribution is 2.75. The van der Waals surface area contributed by atoms with Gasteiger partial charge in [-0.05, 0) is 40.7 Å². The van der Waals surface area contributed by atoms with E-state index in [0.29, 0.717) is 12.8 Å². The van der Waals surface area contributed by atoms with E-state index in [1.54, 1.807) is 0 Å². The molecule has 1 heterocycles. The van der Waals surface area contributed by atoms with Crippen LogP contribution in [0.4, 0.5) is 0 Å². The van der Waals surface area contributed by atoms with Crippen molar-refractivity contribution in [3.05, 3.63) is 108 Å². The Labute approximate surface area is 211 Å². The van der Waals surface area contributed by atoms with Crippen LogP contribution in [0.5, 0.6) is 0 Å². The topological polar surface area (TPSA) is 54.5 Å². The number of hydrogen-bond donors (Lipinski definition) is 0. The Hall–Kier alpha value is -3.79. The Morgan fingerprint density at radius 2 is 1.00 bits per heavy atom. The number of amides is 2. The number of Topliss-reactive ketones (excluding diaryl/α,β-unsaturated/α-hetero) is 1. The van der Waals surface area contributed by atoms with E-state index in [1.807, 2.05) is 105 Å². The molecular formula is C32H29NO3. The van der Waals surface area contributed by atoms with Crippen LogP contribution in [0, 0.1) is 22.7 Å². The van der Waals surface area contributed by atoms with Crippen molar-refractivity contribution >= 4 is 28.7 Å². The van der Waals surface area contributed by atoms with Crippen LogP contribution in [0.2, 0.25) is 0 Å². The van der Waals surface area contributed by atoms with E-state index in [-0.39, 0.29) is 24.1 Å². The van der Waals surface area contributed by atoms with Crippen LogP contribution in [0.25, 0.3) is 11.1 Å². The maximum Gasteiger partial charge on any atom is 0.234 e. The van der Waals surface area contributed by atoms with E-state index in [2.05, 4.69) is 0 Å². The lowest BCUT2D eigenvalue weighted by Crippen LogP contribution is -2.41. The molecule has 4 atom stereocenters. The number of benzene rings is 3. The molecule has 1 saturated carbocycles. The molecule has 1 aliphatic heterocycles. The fourth-order valence-electron chi connectivity index (χ4n) is 7.43. The number of carbonyl (C=O) groups is 3. The highest BCUT2D eigenvalue weighted by Gasteiger charge is 2.80. The SMILES string of the molecule is CC[C@]12C(=O)[C@](CC)(C(c3ccccc3)=C1c1ccccc1)[C@H]1C(=O)N(Cc3ccccc3)C(=O)[C@H]12. The number of likely N-dealkylation sites (tertiary alicyclic amines) is 1. The number of fused-ring (bicyclic) bond motifs is 5. The Morgan fingerprint density at radius 1 is 0.611 bits per heavy atom. The van der Waals surface area contributed by atoms with Crippen molar-refractivity contribution in [3.63, 3.8) is 0 Å². The smallest absolute Gasteiger partial charge is 0.234 e. The maximum absolute atomic E-state index is 14.6. The van der Waals surface area contributed by atoms with Gasteiger partial charge in [0.15, 0.2) is 5.78 Å². The number of rotatable bonds is 6. The van der Waals surface area contributed by atoms with E-state index >= 15 is 0 Å².